The minimum absolute atomic E-state index is 0.0561. The number of rotatable bonds is 2. The number of alkyl halides is 3. The van der Waals surface area contributed by atoms with Crippen LogP contribution in [0.4, 0.5) is 19.1 Å². The standard InChI is InChI=1S/C17H24N4O3.C2HF3O2/c22-15(14-2-10-23-12-14)20-7-3-17(4-8-20)13-21(9-11-24-17)16-18-5-1-6-19-16;3-2(4,5)1(6)7/h1,5-6,14H,2-4,7-13H2;(H,6,7). The molecule has 1 aromatic heterocycles. The molecule has 1 N–H and O–H groups in total. The zero-order chi connectivity index (χ0) is 22.5. The maximum Gasteiger partial charge on any atom is 0.490 e. The highest BCUT2D eigenvalue weighted by Crippen LogP contribution is 2.32. The smallest absolute Gasteiger partial charge is 0.475 e. The molecule has 1 unspecified atom stereocenters. The number of hydrogen-bond acceptors (Lipinski definition) is 7. The average Bonchev–Trinajstić information content (AvgIpc) is 3.29. The Labute approximate surface area is 177 Å². The SMILES string of the molecule is O=C(C1CCOC1)N1CCC2(CC1)CN(c1ncccn1)CCO2.O=C(O)C(F)(F)F. The van der Waals surface area contributed by atoms with Gasteiger partial charge in [0.05, 0.1) is 31.3 Å². The second kappa shape index (κ2) is 9.77. The molecule has 3 fully saturated rings. The van der Waals surface area contributed by atoms with Gasteiger partial charge in [-0.15, -0.1) is 0 Å². The molecule has 3 aliphatic heterocycles. The molecule has 0 aromatic carbocycles. The van der Waals surface area contributed by atoms with Crippen molar-refractivity contribution < 1.29 is 37.3 Å². The third-order valence-corrected chi connectivity index (χ3v) is 5.59. The molecule has 9 nitrogen and oxygen atoms in total. The second-order valence-corrected chi connectivity index (χ2v) is 7.69. The Hall–Kier alpha value is -2.47. The van der Waals surface area contributed by atoms with Crippen molar-refractivity contribution in [3.63, 3.8) is 0 Å². The summed E-state index contributed by atoms with van der Waals surface area (Å²) in [5.74, 6) is -1.68. The molecule has 31 heavy (non-hydrogen) atoms. The number of carbonyl (C=O) groups is 2. The summed E-state index contributed by atoms with van der Waals surface area (Å²) in [4.78, 5) is 34.3. The minimum Gasteiger partial charge on any atom is -0.475 e. The highest BCUT2D eigenvalue weighted by molar-refractivity contribution is 5.79. The number of ether oxygens (including phenoxy) is 2. The molecular weight excluding hydrogens is 421 g/mol. The fourth-order valence-electron chi connectivity index (χ4n) is 3.89. The van der Waals surface area contributed by atoms with Crippen LogP contribution in [0.2, 0.25) is 0 Å². The molecule has 1 spiro atoms. The maximum absolute atomic E-state index is 12.5. The van der Waals surface area contributed by atoms with Gasteiger partial charge in [-0.1, -0.05) is 0 Å². The number of morpholine rings is 1. The third-order valence-electron chi connectivity index (χ3n) is 5.59. The van der Waals surface area contributed by atoms with Gasteiger partial charge in [-0.25, -0.2) is 14.8 Å². The summed E-state index contributed by atoms with van der Waals surface area (Å²) in [6.45, 7) is 5.11. The van der Waals surface area contributed by atoms with E-state index in [0.29, 0.717) is 19.8 Å². The molecule has 4 rings (SSSR count). The van der Waals surface area contributed by atoms with E-state index in [4.69, 9.17) is 19.4 Å². The first-order valence-electron chi connectivity index (χ1n) is 10.0. The molecule has 0 bridgehead atoms. The number of anilines is 1. The predicted molar refractivity (Wildman–Crippen MR) is 101 cm³/mol. The van der Waals surface area contributed by atoms with Gasteiger partial charge in [-0.2, -0.15) is 13.2 Å². The zero-order valence-corrected chi connectivity index (χ0v) is 16.9. The largest absolute Gasteiger partial charge is 0.490 e. The number of carbonyl (C=O) groups excluding carboxylic acids is 1. The van der Waals surface area contributed by atoms with E-state index in [1.165, 1.54) is 0 Å². The van der Waals surface area contributed by atoms with Crippen molar-refractivity contribution in [2.24, 2.45) is 5.92 Å². The van der Waals surface area contributed by atoms with Crippen molar-refractivity contribution in [2.45, 2.75) is 31.0 Å². The molecule has 1 atom stereocenters. The Morgan fingerprint density at radius 2 is 1.77 bits per heavy atom. The molecular formula is C19H25F3N4O5. The van der Waals surface area contributed by atoms with E-state index in [1.807, 2.05) is 11.0 Å². The number of piperidine rings is 1. The summed E-state index contributed by atoms with van der Waals surface area (Å²) < 4.78 is 43.2. The van der Waals surface area contributed by atoms with Crippen LogP contribution in [0.3, 0.4) is 0 Å². The van der Waals surface area contributed by atoms with Crippen molar-refractivity contribution in [3.05, 3.63) is 18.5 Å². The first kappa shape index (κ1) is 23.2. The number of carboxylic acids is 1. The van der Waals surface area contributed by atoms with E-state index in [-0.39, 0.29) is 17.4 Å². The molecule has 12 heteroatoms. The molecule has 1 aromatic rings. The fraction of sp³-hybridized carbons (Fsp3) is 0.684. The molecule has 172 valence electrons. The van der Waals surface area contributed by atoms with E-state index >= 15 is 0 Å². The fourth-order valence-corrected chi connectivity index (χ4v) is 3.89. The topological polar surface area (TPSA) is 105 Å². The summed E-state index contributed by atoms with van der Waals surface area (Å²) in [5.41, 5.74) is -0.180. The van der Waals surface area contributed by atoms with E-state index in [2.05, 4.69) is 14.9 Å². The predicted octanol–water partition coefficient (Wildman–Crippen LogP) is 1.34. The van der Waals surface area contributed by atoms with Crippen LogP contribution in [0.5, 0.6) is 0 Å². The van der Waals surface area contributed by atoms with Crippen LogP contribution in [0.15, 0.2) is 18.5 Å². The van der Waals surface area contributed by atoms with Crippen LogP contribution in [0.25, 0.3) is 0 Å². The lowest BCUT2D eigenvalue weighted by molar-refractivity contribution is -0.192. The molecule has 1 amide bonds. The number of hydrogen-bond donors (Lipinski definition) is 1. The summed E-state index contributed by atoms with van der Waals surface area (Å²) in [6, 6.07) is 1.83. The maximum atomic E-state index is 12.5. The van der Waals surface area contributed by atoms with Gasteiger partial charge in [-0.3, -0.25) is 4.79 Å². The summed E-state index contributed by atoms with van der Waals surface area (Å²) in [6.07, 6.45) is 1.06. The Morgan fingerprint density at radius 3 is 2.32 bits per heavy atom. The Balaban J connectivity index is 0.000000339. The number of aromatic nitrogens is 2. The monoisotopic (exact) mass is 446 g/mol. The lowest BCUT2D eigenvalue weighted by atomic mass is 9.88. The zero-order valence-electron chi connectivity index (χ0n) is 16.9. The van der Waals surface area contributed by atoms with Crippen molar-refractivity contribution in [1.82, 2.24) is 14.9 Å². The van der Waals surface area contributed by atoms with Gasteiger partial charge >= 0.3 is 12.1 Å². The molecule has 0 aliphatic carbocycles. The van der Waals surface area contributed by atoms with Gasteiger partial charge in [0.25, 0.3) is 0 Å². The van der Waals surface area contributed by atoms with Gasteiger partial charge in [0.1, 0.15) is 0 Å². The first-order valence-corrected chi connectivity index (χ1v) is 10.0. The number of amides is 1. The summed E-state index contributed by atoms with van der Waals surface area (Å²) >= 11 is 0. The van der Waals surface area contributed by atoms with Crippen LogP contribution in [0, 0.1) is 5.92 Å². The highest BCUT2D eigenvalue weighted by Gasteiger charge is 2.42. The van der Waals surface area contributed by atoms with Gasteiger partial charge in [-0.05, 0) is 25.3 Å². The number of carboxylic acid groups (broad SMARTS) is 1. The first-order chi connectivity index (χ1) is 14.7. The lowest BCUT2D eigenvalue weighted by Gasteiger charge is -2.47. The van der Waals surface area contributed by atoms with Crippen molar-refractivity contribution >= 4 is 17.8 Å². The van der Waals surface area contributed by atoms with E-state index in [1.54, 1.807) is 12.4 Å². The quantitative estimate of drug-likeness (QED) is 0.726. The van der Waals surface area contributed by atoms with E-state index in [0.717, 1.165) is 51.4 Å². The van der Waals surface area contributed by atoms with Crippen LogP contribution in [-0.4, -0.2) is 89.6 Å². The number of halogens is 3. The van der Waals surface area contributed by atoms with Crippen molar-refractivity contribution in [2.75, 3.05) is 50.9 Å². The van der Waals surface area contributed by atoms with Gasteiger partial charge < -0.3 is 24.4 Å². The highest BCUT2D eigenvalue weighted by atomic mass is 19.4. The number of likely N-dealkylation sites (tertiary alicyclic amines) is 1. The lowest BCUT2D eigenvalue weighted by Crippen LogP contribution is -2.58. The van der Waals surface area contributed by atoms with E-state index in [9.17, 15) is 18.0 Å². The number of aliphatic carboxylic acids is 1. The van der Waals surface area contributed by atoms with E-state index < -0.39 is 12.1 Å². The Bertz CT molecular complexity index is 751. The average molecular weight is 446 g/mol. The Kier molecular flexibility index (Phi) is 7.31. The molecule has 0 saturated carbocycles. The third kappa shape index (κ3) is 6.03. The van der Waals surface area contributed by atoms with Crippen LogP contribution >= 0.6 is 0 Å². The van der Waals surface area contributed by atoms with Gasteiger partial charge in [0.15, 0.2) is 0 Å². The van der Waals surface area contributed by atoms with Gasteiger partial charge in [0.2, 0.25) is 11.9 Å². The summed E-state index contributed by atoms with van der Waals surface area (Å²) in [5, 5.41) is 7.12. The number of nitrogens with zero attached hydrogens (tertiary/aromatic N) is 4. The molecule has 3 aliphatic rings. The second-order valence-electron chi connectivity index (χ2n) is 7.69. The van der Waals surface area contributed by atoms with Crippen molar-refractivity contribution in [1.29, 1.82) is 0 Å². The van der Waals surface area contributed by atoms with Crippen LogP contribution in [-0.2, 0) is 19.1 Å². The minimum atomic E-state index is -5.08. The van der Waals surface area contributed by atoms with Crippen molar-refractivity contribution in [3.8, 4) is 0 Å². The Morgan fingerprint density at radius 1 is 1.13 bits per heavy atom. The summed E-state index contributed by atoms with van der Waals surface area (Å²) in [7, 11) is 0. The normalized spacial score (nSPS) is 23.3. The van der Waals surface area contributed by atoms with Crippen LogP contribution in [0.1, 0.15) is 19.3 Å². The van der Waals surface area contributed by atoms with Crippen LogP contribution < -0.4 is 4.90 Å². The molecule has 0 radical (unpaired) electrons. The molecule has 3 saturated heterocycles. The van der Waals surface area contributed by atoms with Gasteiger partial charge in [0, 0.05) is 38.6 Å². The molecule has 4 heterocycles.